The lowest BCUT2D eigenvalue weighted by Crippen LogP contribution is -2.30. The van der Waals surface area contributed by atoms with Gasteiger partial charge in [-0.2, -0.15) is 4.73 Å². The number of carboxylic acid groups (broad SMARTS) is 1. The van der Waals surface area contributed by atoms with Gasteiger partial charge in [-0.3, -0.25) is 14.9 Å². The predicted octanol–water partition coefficient (Wildman–Crippen LogP) is 1.08. The molecule has 0 saturated heterocycles. The minimum absolute atomic E-state index is 0.0947. The van der Waals surface area contributed by atoms with Crippen LogP contribution in [0.3, 0.4) is 0 Å². The first kappa shape index (κ1) is 14.3. The quantitative estimate of drug-likeness (QED) is 0.651. The fourth-order valence-electron chi connectivity index (χ4n) is 1.64. The number of hydrogen-bond acceptors (Lipinski definition) is 5. The Balaban J connectivity index is 2.19. The van der Waals surface area contributed by atoms with Crippen molar-refractivity contribution in [1.29, 1.82) is 0 Å². The zero-order valence-corrected chi connectivity index (χ0v) is 10.6. The summed E-state index contributed by atoms with van der Waals surface area (Å²) in [5, 5.41) is 19.5. The van der Waals surface area contributed by atoms with Gasteiger partial charge in [0.2, 0.25) is 0 Å². The van der Waals surface area contributed by atoms with Crippen molar-refractivity contribution in [1.82, 2.24) is 4.73 Å². The van der Waals surface area contributed by atoms with Crippen LogP contribution in [0.25, 0.3) is 0 Å². The maximum atomic E-state index is 11.8. The Labute approximate surface area is 117 Å². The maximum Gasteiger partial charge on any atom is 0.341 e. The monoisotopic (exact) mass is 290 g/mol. The highest BCUT2D eigenvalue weighted by molar-refractivity contribution is 5.86. The van der Waals surface area contributed by atoms with Crippen LogP contribution >= 0.6 is 0 Å². The Morgan fingerprint density at radius 3 is 2.76 bits per heavy atom. The van der Waals surface area contributed by atoms with E-state index in [1.807, 2.05) is 0 Å². The molecule has 0 aliphatic heterocycles. The highest BCUT2D eigenvalue weighted by Crippen LogP contribution is 2.13. The number of hydrogen-bond donors (Lipinski definition) is 1. The zero-order chi connectivity index (χ0) is 15.4. The molecule has 0 radical (unpaired) electrons. The van der Waals surface area contributed by atoms with Gasteiger partial charge in [-0.15, -0.1) is 0 Å². The van der Waals surface area contributed by atoms with Gasteiger partial charge in [-0.1, -0.05) is 12.1 Å². The van der Waals surface area contributed by atoms with Crippen LogP contribution < -0.4 is 10.4 Å². The lowest BCUT2D eigenvalue weighted by Gasteiger charge is -2.08. The second-order valence-corrected chi connectivity index (χ2v) is 4.06. The molecule has 2 aromatic rings. The van der Waals surface area contributed by atoms with E-state index in [2.05, 4.69) is 0 Å². The number of rotatable bonds is 5. The van der Waals surface area contributed by atoms with Crippen molar-refractivity contribution < 1.29 is 19.7 Å². The first-order chi connectivity index (χ1) is 9.99. The molecule has 0 aliphatic rings. The molecule has 1 aromatic heterocycles. The Kier molecular flexibility index (Phi) is 3.98. The van der Waals surface area contributed by atoms with Gasteiger partial charge in [-0.25, -0.2) is 4.79 Å². The molecule has 0 bridgehead atoms. The van der Waals surface area contributed by atoms with Crippen molar-refractivity contribution in [2.45, 2.75) is 6.61 Å². The van der Waals surface area contributed by atoms with Crippen LogP contribution in [0.15, 0.2) is 47.4 Å². The Bertz CT molecular complexity index is 752. The number of benzene rings is 1. The SMILES string of the molecule is O=C(O)c1cccn(OCc2cccc([N+](=O)[O-])c2)c1=O. The van der Waals surface area contributed by atoms with E-state index >= 15 is 0 Å². The van der Waals surface area contributed by atoms with Crippen molar-refractivity contribution in [3.05, 3.63) is 74.2 Å². The molecule has 108 valence electrons. The van der Waals surface area contributed by atoms with Gasteiger partial charge in [0.1, 0.15) is 12.2 Å². The average Bonchev–Trinajstić information content (AvgIpc) is 2.46. The summed E-state index contributed by atoms with van der Waals surface area (Å²) < 4.78 is 0.780. The Morgan fingerprint density at radius 1 is 1.33 bits per heavy atom. The van der Waals surface area contributed by atoms with Crippen LogP contribution in [0, 0.1) is 10.1 Å². The predicted molar refractivity (Wildman–Crippen MR) is 71.0 cm³/mol. The molecule has 0 atom stereocenters. The van der Waals surface area contributed by atoms with E-state index in [4.69, 9.17) is 9.94 Å². The Hall–Kier alpha value is -3.16. The largest absolute Gasteiger partial charge is 0.477 e. The number of nitro groups is 1. The first-order valence-electron chi connectivity index (χ1n) is 5.80. The molecule has 1 heterocycles. The normalized spacial score (nSPS) is 10.1. The summed E-state index contributed by atoms with van der Waals surface area (Å²) in [5.41, 5.74) is -0.841. The summed E-state index contributed by atoms with van der Waals surface area (Å²) in [7, 11) is 0. The maximum absolute atomic E-state index is 11.8. The van der Waals surface area contributed by atoms with E-state index in [1.165, 1.54) is 30.5 Å². The molecule has 0 amide bonds. The van der Waals surface area contributed by atoms with Gasteiger partial charge in [0.15, 0.2) is 0 Å². The molecule has 2 rings (SSSR count). The number of non-ortho nitro benzene ring substituents is 1. The standard InChI is InChI=1S/C13H10N2O6/c16-12-11(13(17)18)5-2-6-14(12)21-8-9-3-1-4-10(7-9)15(19)20/h1-7H,8H2,(H,17,18). The second kappa shape index (κ2) is 5.87. The van der Waals surface area contributed by atoms with E-state index in [1.54, 1.807) is 6.07 Å². The number of carbonyl (C=O) groups is 1. The summed E-state index contributed by atoms with van der Waals surface area (Å²) in [6.07, 6.45) is 1.27. The summed E-state index contributed by atoms with van der Waals surface area (Å²) in [6, 6.07) is 8.26. The molecule has 1 N–H and O–H groups in total. The van der Waals surface area contributed by atoms with Crippen molar-refractivity contribution >= 4 is 11.7 Å². The molecule has 0 saturated carbocycles. The lowest BCUT2D eigenvalue weighted by molar-refractivity contribution is -0.384. The highest BCUT2D eigenvalue weighted by Gasteiger charge is 2.11. The van der Waals surface area contributed by atoms with Crippen LogP contribution in [0.2, 0.25) is 0 Å². The molecule has 1 aromatic carbocycles. The highest BCUT2D eigenvalue weighted by atomic mass is 16.7. The van der Waals surface area contributed by atoms with Crippen molar-refractivity contribution in [3.63, 3.8) is 0 Å². The molecule has 8 nitrogen and oxygen atoms in total. The Morgan fingerprint density at radius 2 is 2.10 bits per heavy atom. The molecule has 8 heteroatoms. The molecule has 0 spiro atoms. The number of nitrogens with zero attached hydrogens (tertiary/aromatic N) is 2. The number of nitro benzene ring substituents is 1. The number of carboxylic acids is 1. The van der Waals surface area contributed by atoms with E-state index in [0.29, 0.717) is 5.56 Å². The fraction of sp³-hybridized carbons (Fsp3) is 0.0769. The fourth-order valence-corrected chi connectivity index (χ4v) is 1.64. The van der Waals surface area contributed by atoms with E-state index in [-0.39, 0.29) is 12.3 Å². The number of pyridine rings is 1. The second-order valence-electron chi connectivity index (χ2n) is 4.06. The molecule has 21 heavy (non-hydrogen) atoms. The molecule has 0 unspecified atom stereocenters. The third-order valence-electron chi connectivity index (χ3n) is 2.64. The minimum Gasteiger partial charge on any atom is -0.477 e. The molecule has 0 aliphatic carbocycles. The number of aromatic nitrogens is 1. The zero-order valence-electron chi connectivity index (χ0n) is 10.6. The van der Waals surface area contributed by atoms with Gasteiger partial charge >= 0.3 is 5.97 Å². The summed E-state index contributed by atoms with van der Waals surface area (Å²) in [4.78, 5) is 37.9. The van der Waals surface area contributed by atoms with Crippen molar-refractivity contribution in [2.75, 3.05) is 0 Å². The lowest BCUT2D eigenvalue weighted by atomic mass is 10.2. The number of aromatic carboxylic acids is 1. The van der Waals surface area contributed by atoms with E-state index < -0.39 is 22.0 Å². The van der Waals surface area contributed by atoms with Gasteiger partial charge in [-0.05, 0) is 17.7 Å². The van der Waals surface area contributed by atoms with Crippen LogP contribution in [-0.2, 0) is 6.61 Å². The van der Waals surface area contributed by atoms with Crippen LogP contribution in [0.5, 0.6) is 0 Å². The molecule has 0 fully saturated rings. The van der Waals surface area contributed by atoms with Crippen molar-refractivity contribution in [3.8, 4) is 0 Å². The van der Waals surface area contributed by atoms with Gasteiger partial charge in [0.05, 0.1) is 4.92 Å². The van der Waals surface area contributed by atoms with Gasteiger partial charge in [0.25, 0.3) is 11.2 Å². The van der Waals surface area contributed by atoms with E-state index in [0.717, 1.165) is 10.8 Å². The minimum atomic E-state index is -1.35. The summed E-state index contributed by atoms with van der Waals surface area (Å²) >= 11 is 0. The van der Waals surface area contributed by atoms with Gasteiger partial charge in [0, 0.05) is 18.3 Å². The molecular formula is C13H10N2O6. The van der Waals surface area contributed by atoms with E-state index in [9.17, 15) is 19.7 Å². The molecular weight excluding hydrogens is 280 g/mol. The smallest absolute Gasteiger partial charge is 0.341 e. The van der Waals surface area contributed by atoms with Gasteiger partial charge < -0.3 is 9.94 Å². The third-order valence-corrected chi connectivity index (χ3v) is 2.64. The summed E-state index contributed by atoms with van der Waals surface area (Å²) in [6.45, 7) is -0.106. The average molecular weight is 290 g/mol. The summed E-state index contributed by atoms with van der Waals surface area (Å²) in [5.74, 6) is -1.35. The van der Waals surface area contributed by atoms with Crippen LogP contribution in [0.1, 0.15) is 15.9 Å². The van der Waals surface area contributed by atoms with Crippen LogP contribution in [-0.4, -0.2) is 20.7 Å². The topological polar surface area (TPSA) is 112 Å². The van der Waals surface area contributed by atoms with Crippen LogP contribution in [0.4, 0.5) is 5.69 Å². The first-order valence-corrected chi connectivity index (χ1v) is 5.80. The van der Waals surface area contributed by atoms with Crippen molar-refractivity contribution in [2.24, 2.45) is 0 Å². The third kappa shape index (κ3) is 3.24.